The number of nitrogens with zero attached hydrogens (tertiary/aromatic N) is 1. The van der Waals surface area contributed by atoms with Crippen molar-refractivity contribution in [1.82, 2.24) is 15.6 Å². The molecule has 2 N–H and O–H groups in total. The molecule has 1 aliphatic heterocycles. The number of esters is 1. The zero-order valence-corrected chi connectivity index (χ0v) is 13.2. The summed E-state index contributed by atoms with van der Waals surface area (Å²) in [6.07, 6.45) is -2.92. The molecular formula is C15H14F3N3O4. The average Bonchev–Trinajstić information content (AvgIpc) is 2.79. The fourth-order valence-corrected chi connectivity index (χ4v) is 2.43. The quantitative estimate of drug-likeness (QED) is 0.786. The summed E-state index contributed by atoms with van der Waals surface area (Å²) in [7, 11) is 0. The Morgan fingerprint density at radius 3 is 2.60 bits per heavy atom. The maximum atomic E-state index is 13.8. The third kappa shape index (κ3) is 3.06. The van der Waals surface area contributed by atoms with E-state index in [2.05, 4.69) is 9.72 Å². The zero-order valence-electron chi connectivity index (χ0n) is 13.2. The Morgan fingerprint density at radius 1 is 1.40 bits per heavy atom. The molecule has 1 aromatic rings. The molecule has 0 bridgehead atoms. The summed E-state index contributed by atoms with van der Waals surface area (Å²) in [5.74, 6) is -4.14. The molecule has 0 radical (unpaired) electrons. The van der Waals surface area contributed by atoms with Crippen LogP contribution in [0.4, 0.5) is 13.2 Å². The summed E-state index contributed by atoms with van der Waals surface area (Å²) >= 11 is 0. The van der Waals surface area contributed by atoms with Gasteiger partial charge in [-0.05, 0) is 26.0 Å². The summed E-state index contributed by atoms with van der Waals surface area (Å²) < 4.78 is 46.1. The molecule has 1 atom stereocenters. The Kier molecular flexibility index (Phi) is 4.82. The van der Waals surface area contributed by atoms with Crippen LogP contribution in [0.3, 0.4) is 0 Å². The molecular weight excluding hydrogens is 343 g/mol. The molecule has 25 heavy (non-hydrogen) atoms. The molecule has 0 aliphatic carbocycles. The van der Waals surface area contributed by atoms with Crippen LogP contribution in [0.5, 0.6) is 0 Å². The van der Waals surface area contributed by atoms with E-state index in [1.54, 1.807) is 5.32 Å². The number of alkyl halides is 3. The van der Waals surface area contributed by atoms with Gasteiger partial charge in [0.1, 0.15) is 5.57 Å². The highest BCUT2D eigenvalue weighted by Gasteiger charge is 2.69. The molecule has 0 spiro atoms. The molecule has 2 rings (SSSR count). The molecule has 134 valence electrons. The SMILES string of the molecule is CCOC(=O)C1=C(C)NC(=O)[C@@]1(NC(=O)c1cccnc1)C(F)(F)F. The van der Waals surface area contributed by atoms with Gasteiger partial charge in [0.2, 0.25) is 5.54 Å². The molecule has 2 amide bonds. The Labute approximate surface area is 140 Å². The van der Waals surface area contributed by atoms with Gasteiger partial charge in [0.05, 0.1) is 12.2 Å². The standard InChI is InChI=1S/C15H14F3N3O4/c1-3-25-12(23)10-8(2)20-13(24)14(10,15(16,17)18)21-11(22)9-5-4-6-19-7-9/h4-7H,3H2,1-2H3,(H,20,24)(H,21,22)/t14-/m1/s1. The Hall–Kier alpha value is -2.91. The molecule has 0 saturated heterocycles. The number of carbonyl (C=O) groups is 3. The minimum Gasteiger partial charge on any atom is -0.462 e. The molecule has 10 heteroatoms. The second-order valence-electron chi connectivity index (χ2n) is 5.12. The number of amides is 2. The number of carbonyl (C=O) groups excluding carboxylic acids is 3. The van der Waals surface area contributed by atoms with Crippen molar-refractivity contribution in [2.45, 2.75) is 25.6 Å². The maximum Gasteiger partial charge on any atom is 0.425 e. The number of ether oxygens (including phenoxy) is 1. The van der Waals surface area contributed by atoms with Crippen molar-refractivity contribution in [2.75, 3.05) is 6.61 Å². The van der Waals surface area contributed by atoms with E-state index in [-0.39, 0.29) is 17.9 Å². The minimum absolute atomic E-state index is 0.200. The predicted octanol–water partition coefficient (Wildman–Crippen LogP) is 1.08. The summed E-state index contributed by atoms with van der Waals surface area (Å²) in [4.78, 5) is 40.0. The van der Waals surface area contributed by atoms with E-state index in [9.17, 15) is 27.6 Å². The monoisotopic (exact) mass is 357 g/mol. The molecule has 0 unspecified atom stereocenters. The van der Waals surface area contributed by atoms with Crippen LogP contribution < -0.4 is 10.6 Å². The largest absolute Gasteiger partial charge is 0.462 e. The first-order valence-electron chi connectivity index (χ1n) is 7.14. The van der Waals surface area contributed by atoms with E-state index in [4.69, 9.17) is 0 Å². The first-order chi connectivity index (χ1) is 11.6. The number of hydrogen-bond donors (Lipinski definition) is 2. The number of aromatic nitrogens is 1. The van der Waals surface area contributed by atoms with Crippen molar-refractivity contribution in [1.29, 1.82) is 0 Å². The minimum atomic E-state index is -5.28. The summed E-state index contributed by atoms with van der Waals surface area (Å²) in [6.45, 7) is 2.32. The van der Waals surface area contributed by atoms with Crippen LogP contribution >= 0.6 is 0 Å². The van der Waals surface area contributed by atoms with Crippen molar-refractivity contribution in [2.24, 2.45) is 0 Å². The smallest absolute Gasteiger partial charge is 0.425 e. The fourth-order valence-electron chi connectivity index (χ4n) is 2.43. The molecule has 1 aliphatic rings. The third-order valence-corrected chi connectivity index (χ3v) is 3.52. The van der Waals surface area contributed by atoms with E-state index in [0.717, 1.165) is 13.1 Å². The number of pyridine rings is 1. The van der Waals surface area contributed by atoms with Crippen LogP contribution in [0.1, 0.15) is 24.2 Å². The number of hydrogen-bond acceptors (Lipinski definition) is 5. The van der Waals surface area contributed by atoms with Crippen molar-refractivity contribution in [3.8, 4) is 0 Å². The number of rotatable bonds is 4. The van der Waals surface area contributed by atoms with Gasteiger partial charge in [-0.3, -0.25) is 14.6 Å². The highest BCUT2D eigenvalue weighted by molar-refractivity contribution is 6.11. The molecule has 2 heterocycles. The lowest BCUT2D eigenvalue weighted by Crippen LogP contribution is -2.66. The molecule has 1 aromatic heterocycles. The van der Waals surface area contributed by atoms with E-state index in [1.165, 1.54) is 25.3 Å². The van der Waals surface area contributed by atoms with Gasteiger partial charge in [-0.1, -0.05) is 0 Å². The van der Waals surface area contributed by atoms with Gasteiger partial charge < -0.3 is 15.4 Å². The number of nitrogens with one attached hydrogen (secondary N) is 2. The summed E-state index contributed by atoms with van der Waals surface area (Å²) in [5, 5.41) is 3.59. The van der Waals surface area contributed by atoms with E-state index in [0.29, 0.717) is 0 Å². The van der Waals surface area contributed by atoms with Crippen molar-refractivity contribution < 1.29 is 32.3 Å². The van der Waals surface area contributed by atoms with Crippen LogP contribution in [0, 0.1) is 0 Å². The lowest BCUT2D eigenvalue weighted by molar-refractivity contribution is -0.189. The maximum absolute atomic E-state index is 13.8. The van der Waals surface area contributed by atoms with Gasteiger partial charge >= 0.3 is 12.1 Å². The van der Waals surface area contributed by atoms with Crippen LogP contribution in [-0.4, -0.2) is 41.1 Å². The van der Waals surface area contributed by atoms with Gasteiger partial charge in [-0.25, -0.2) is 4.79 Å². The Bertz CT molecular complexity index is 746. The van der Waals surface area contributed by atoms with Crippen LogP contribution in [-0.2, 0) is 14.3 Å². The van der Waals surface area contributed by atoms with Gasteiger partial charge in [-0.15, -0.1) is 0 Å². The lowest BCUT2D eigenvalue weighted by Gasteiger charge is -2.31. The molecule has 0 aromatic carbocycles. The van der Waals surface area contributed by atoms with Gasteiger partial charge in [-0.2, -0.15) is 13.2 Å². The van der Waals surface area contributed by atoms with Crippen LogP contribution in [0.2, 0.25) is 0 Å². The first kappa shape index (κ1) is 18.4. The van der Waals surface area contributed by atoms with Crippen molar-refractivity contribution in [3.63, 3.8) is 0 Å². The molecule has 0 fully saturated rings. The second kappa shape index (κ2) is 6.54. The normalized spacial score (nSPS) is 20.3. The van der Waals surface area contributed by atoms with Crippen molar-refractivity contribution >= 4 is 17.8 Å². The van der Waals surface area contributed by atoms with E-state index >= 15 is 0 Å². The third-order valence-electron chi connectivity index (χ3n) is 3.52. The van der Waals surface area contributed by atoms with Crippen LogP contribution in [0.25, 0.3) is 0 Å². The highest BCUT2D eigenvalue weighted by Crippen LogP contribution is 2.41. The van der Waals surface area contributed by atoms with Gasteiger partial charge in [0, 0.05) is 18.1 Å². The second-order valence-corrected chi connectivity index (χ2v) is 5.12. The zero-order chi connectivity index (χ0) is 18.8. The topological polar surface area (TPSA) is 97.4 Å². The molecule has 7 nitrogen and oxygen atoms in total. The first-order valence-corrected chi connectivity index (χ1v) is 7.14. The van der Waals surface area contributed by atoms with E-state index < -0.39 is 35.1 Å². The van der Waals surface area contributed by atoms with Crippen LogP contribution in [0.15, 0.2) is 35.8 Å². The van der Waals surface area contributed by atoms with Crippen molar-refractivity contribution in [3.05, 3.63) is 41.4 Å². The predicted molar refractivity (Wildman–Crippen MR) is 78.0 cm³/mol. The average molecular weight is 357 g/mol. The van der Waals surface area contributed by atoms with Gasteiger partial charge in [0.25, 0.3) is 11.8 Å². The number of allylic oxidation sites excluding steroid dienone is 1. The summed E-state index contributed by atoms with van der Waals surface area (Å²) in [6, 6.07) is 2.57. The fraction of sp³-hybridized carbons (Fsp3) is 0.333. The summed E-state index contributed by atoms with van der Waals surface area (Å²) in [5.41, 5.74) is -5.08. The van der Waals surface area contributed by atoms with Gasteiger partial charge in [0.15, 0.2) is 0 Å². The Morgan fingerprint density at radius 2 is 2.08 bits per heavy atom. The lowest BCUT2D eigenvalue weighted by atomic mass is 9.89. The Balaban J connectivity index is 2.55. The van der Waals surface area contributed by atoms with E-state index in [1.807, 2.05) is 5.32 Å². The highest BCUT2D eigenvalue weighted by atomic mass is 19.4. The number of halogens is 3. The molecule has 0 saturated carbocycles.